The summed E-state index contributed by atoms with van der Waals surface area (Å²) in [6, 6.07) is 11.8. The lowest BCUT2D eigenvalue weighted by molar-refractivity contribution is -0.274. The van der Waals surface area contributed by atoms with Gasteiger partial charge in [-0.3, -0.25) is 14.6 Å². The van der Waals surface area contributed by atoms with Crippen LogP contribution in [-0.4, -0.2) is 69.5 Å². The Morgan fingerprint density at radius 2 is 1.53 bits per heavy atom. The quantitative estimate of drug-likeness (QED) is 0.669. The number of ether oxygens (including phenoxy) is 1. The first kappa shape index (κ1) is 24.0. The van der Waals surface area contributed by atoms with E-state index in [0.717, 1.165) is 24.9 Å². The second kappa shape index (κ2) is 9.88. The predicted molar refractivity (Wildman–Crippen MR) is 113 cm³/mol. The van der Waals surface area contributed by atoms with E-state index in [9.17, 15) is 26.4 Å². The summed E-state index contributed by atoms with van der Waals surface area (Å²) in [7, 11) is -3.29. The van der Waals surface area contributed by atoms with Gasteiger partial charge in [-0.15, -0.1) is 13.2 Å². The molecule has 0 saturated carbocycles. The molecule has 1 N–H and O–H groups in total. The molecule has 174 valence electrons. The number of hydrogen-bond acceptors (Lipinski definition) is 6. The first-order valence-electron chi connectivity index (χ1n) is 9.87. The number of sulfone groups is 1. The third-order valence-corrected chi connectivity index (χ3v) is 6.09. The predicted octanol–water partition coefficient (Wildman–Crippen LogP) is 2.75. The van der Waals surface area contributed by atoms with E-state index in [1.54, 1.807) is 24.3 Å². The molecule has 3 rings (SSSR count). The van der Waals surface area contributed by atoms with Crippen molar-refractivity contribution in [1.29, 1.82) is 0 Å². The van der Waals surface area contributed by atoms with E-state index in [-0.39, 0.29) is 23.1 Å². The molecule has 1 fully saturated rings. The van der Waals surface area contributed by atoms with Crippen LogP contribution in [0, 0.1) is 0 Å². The van der Waals surface area contributed by atoms with Gasteiger partial charge in [0.15, 0.2) is 9.84 Å². The number of amides is 1. The summed E-state index contributed by atoms with van der Waals surface area (Å²) in [5.41, 5.74) is 1.40. The van der Waals surface area contributed by atoms with Gasteiger partial charge in [-0.05, 0) is 42.0 Å². The Morgan fingerprint density at radius 1 is 0.969 bits per heavy atom. The number of carbonyl (C=O) groups excluding carboxylic acids is 1. The number of hydrogen-bond donors (Lipinski definition) is 1. The molecule has 1 aliphatic rings. The number of rotatable bonds is 7. The van der Waals surface area contributed by atoms with Crippen LogP contribution in [0.5, 0.6) is 5.75 Å². The lowest BCUT2D eigenvalue weighted by atomic mass is 10.2. The highest BCUT2D eigenvalue weighted by atomic mass is 32.2. The SMILES string of the molecule is CS(=O)(=O)c1ccc(NC(=O)CN2CCN(Cc3ccc(OC(F)(F)F)cc3)CC2)cc1. The molecule has 0 atom stereocenters. The second-order valence-corrected chi connectivity index (χ2v) is 9.60. The molecule has 0 aliphatic carbocycles. The number of alkyl halides is 3. The molecule has 0 spiro atoms. The van der Waals surface area contributed by atoms with Crippen LogP contribution in [0.25, 0.3) is 0 Å². The molecule has 1 heterocycles. The summed E-state index contributed by atoms with van der Waals surface area (Å²) in [4.78, 5) is 16.7. The van der Waals surface area contributed by atoms with Crippen molar-refractivity contribution in [2.24, 2.45) is 0 Å². The zero-order valence-corrected chi connectivity index (χ0v) is 18.2. The average Bonchev–Trinajstić information content (AvgIpc) is 2.69. The van der Waals surface area contributed by atoms with Crippen LogP contribution in [0.15, 0.2) is 53.4 Å². The third kappa shape index (κ3) is 7.50. The van der Waals surface area contributed by atoms with Gasteiger partial charge in [0.05, 0.1) is 11.4 Å². The van der Waals surface area contributed by atoms with Gasteiger partial charge in [0, 0.05) is 44.7 Å². The summed E-state index contributed by atoms with van der Waals surface area (Å²) in [5, 5.41) is 2.76. The maximum atomic E-state index is 12.3. The van der Waals surface area contributed by atoms with E-state index >= 15 is 0 Å². The van der Waals surface area contributed by atoms with Crippen molar-refractivity contribution in [3.8, 4) is 5.75 Å². The highest BCUT2D eigenvalue weighted by Gasteiger charge is 2.31. The van der Waals surface area contributed by atoms with E-state index in [2.05, 4.69) is 15.0 Å². The van der Waals surface area contributed by atoms with Crippen LogP contribution in [0.3, 0.4) is 0 Å². The van der Waals surface area contributed by atoms with Gasteiger partial charge in [0.25, 0.3) is 0 Å². The van der Waals surface area contributed by atoms with Gasteiger partial charge in [-0.1, -0.05) is 12.1 Å². The topological polar surface area (TPSA) is 79.0 Å². The number of benzene rings is 2. The lowest BCUT2D eigenvalue weighted by Gasteiger charge is -2.34. The van der Waals surface area contributed by atoms with Crippen LogP contribution in [0.2, 0.25) is 0 Å². The van der Waals surface area contributed by atoms with Crippen molar-refractivity contribution in [2.45, 2.75) is 17.8 Å². The minimum absolute atomic E-state index is 0.189. The van der Waals surface area contributed by atoms with Gasteiger partial charge in [-0.25, -0.2) is 8.42 Å². The number of piperazine rings is 1. The number of carbonyl (C=O) groups is 1. The number of halogens is 3. The van der Waals surface area contributed by atoms with Gasteiger partial charge >= 0.3 is 6.36 Å². The summed E-state index contributed by atoms with van der Waals surface area (Å²) in [6.45, 7) is 3.60. The molecule has 0 bridgehead atoms. The van der Waals surface area contributed by atoms with Crippen LogP contribution < -0.4 is 10.1 Å². The zero-order chi connectivity index (χ0) is 23.4. The smallest absolute Gasteiger partial charge is 0.406 e. The van der Waals surface area contributed by atoms with Crippen molar-refractivity contribution in [3.63, 3.8) is 0 Å². The van der Waals surface area contributed by atoms with Gasteiger partial charge in [0.2, 0.25) is 5.91 Å². The van der Waals surface area contributed by atoms with Crippen molar-refractivity contribution in [1.82, 2.24) is 9.80 Å². The molecule has 0 aromatic heterocycles. The fourth-order valence-electron chi connectivity index (χ4n) is 3.35. The van der Waals surface area contributed by atoms with Crippen LogP contribution in [-0.2, 0) is 21.2 Å². The van der Waals surface area contributed by atoms with Crippen LogP contribution in [0.1, 0.15) is 5.56 Å². The van der Waals surface area contributed by atoms with E-state index in [4.69, 9.17) is 0 Å². The Bertz CT molecular complexity index is 1020. The summed E-state index contributed by atoms with van der Waals surface area (Å²) in [6.07, 6.45) is -3.58. The fourth-order valence-corrected chi connectivity index (χ4v) is 3.98. The van der Waals surface area contributed by atoms with Gasteiger partial charge in [0.1, 0.15) is 5.75 Å². The minimum Gasteiger partial charge on any atom is -0.406 e. The Balaban J connectivity index is 1.42. The molecular formula is C21H24F3N3O4S. The highest BCUT2D eigenvalue weighted by Crippen LogP contribution is 2.23. The fraction of sp³-hybridized carbons (Fsp3) is 0.381. The Hall–Kier alpha value is -2.63. The van der Waals surface area contributed by atoms with Crippen LogP contribution in [0.4, 0.5) is 18.9 Å². The molecule has 32 heavy (non-hydrogen) atoms. The molecule has 1 saturated heterocycles. The Morgan fingerprint density at radius 3 is 2.06 bits per heavy atom. The second-order valence-electron chi connectivity index (χ2n) is 7.59. The molecule has 2 aromatic rings. The summed E-state index contributed by atoms with van der Waals surface area (Å²) in [5.74, 6) is -0.436. The molecule has 2 aromatic carbocycles. The highest BCUT2D eigenvalue weighted by molar-refractivity contribution is 7.90. The van der Waals surface area contributed by atoms with E-state index in [1.165, 1.54) is 24.3 Å². The van der Waals surface area contributed by atoms with Crippen LogP contribution >= 0.6 is 0 Å². The standard InChI is InChI=1S/C21H24F3N3O4S/c1-32(29,30)19-8-4-17(5-9-19)25-20(28)15-27-12-10-26(11-13-27)14-16-2-6-18(7-3-16)31-21(22,23)24/h2-9H,10-15H2,1H3,(H,25,28). The number of nitrogens with zero attached hydrogens (tertiary/aromatic N) is 2. The van der Waals surface area contributed by atoms with Crippen molar-refractivity contribution < 1.29 is 31.1 Å². The largest absolute Gasteiger partial charge is 0.573 e. The normalized spacial score (nSPS) is 16.0. The van der Waals surface area contributed by atoms with E-state index < -0.39 is 16.2 Å². The van der Waals surface area contributed by atoms with E-state index in [1.807, 2.05) is 4.90 Å². The lowest BCUT2D eigenvalue weighted by Crippen LogP contribution is -2.48. The molecular weight excluding hydrogens is 447 g/mol. The summed E-state index contributed by atoms with van der Waals surface area (Å²) >= 11 is 0. The van der Waals surface area contributed by atoms with E-state index in [0.29, 0.717) is 25.3 Å². The molecule has 11 heteroatoms. The Kier molecular flexibility index (Phi) is 7.42. The first-order valence-corrected chi connectivity index (χ1v) is 11.8. The average molecular weight is 472 g/mol. The van der Waals surface area contributed by atoms with Crippen molar-refractivity contribution in [2.75, 3.05) is 44.3 Å². The first-order chi connectivity index (χ1) is 15.0. The number of anilines is 1. The monoisotopic (exact) mass is 471 g/mol. The maximum absolute atomic E-state index is 12.3. The summed E-state index contributed by atoms with van der Waals surface area (Å²) < 4.78 is 63.6. The molecule has 0 unspecified atom stereocenters. The van der Waals surface area contributed by atoms with Gasteiger partial charge in [-0.2, -0.15) is 0 Å². The molecule has 0 radical (unpaired) electrons. The molecule has 1 aliphatic heterocycles. The number of nitrogens with one attached hydrogen (secondary N) is 1. The third-order valence-electron chi connectivity index (χ3n) is 4.96. The zero-order valence-electron chi connectivity index (χ0n) is 17.4. The maximum Gasteiger partial charge on any atom is 0.573 e. The minimum atomic E-state index is -4.70. The van der Waals surface area contributed by atoms with Crippen molar-refractivity contribution in [3.05, 3.63) is 54.1 Å². The molecule has 7 nitrogen and oxygen atoms in total. The van der Waals surface area contributed by atoms with Gasteiger partial charge < -0.3 is 10.1 Å². The van der Waals surface area contributed by atoms with Crippen molar-refractivity contribution >= 4 is 21.4 Å². The Labute approximate surface area is 184 Å². The molecule has 1 amide bonds.